The Morgan fingerprint density at radius 2 is 1.74 bits per heavy atom. The summed E-state index contributed by atoms with van der Waals surface area (Å²) in [6.45, 7) is 1.70. The highest BCUT2D eigenvalue weighted by molar-refractivity contribution is 5.81. The molecule has 0 radical (unpaired) electrons. The lowest BCUT2D eigenvalue weighted by atomic mass is 10.0. The molecule has 0 atom stereocenters. The van der Waals surface area contributed by atoms with Crippen LogP contribution in [0.5, 0.6) is 0 Å². The Hall–Kier alpha value is -3.65. The molecule has 0 amide bonds. The van der Waals surface area contributed by atoms with Crippen molar-refractivity contribution in [2.75, 3.05) is 0 Å². The Morgan fingerprint density at radius 3 is 2.52 bits per heavy atom. The Bertz CT molecular complexity index is 1060. The molecule has 0 aliphatic heterocycles. The molecule has 5 nitrogen and oxygen atoms in total. The van der Waals surface area contributed by atoms with Gasteiger partial charge in [0.25, 0.3) is 0 Å². The summed E-state index contributed by atoms with van der Waals surface area (Å²) in [5.41, 5.74) is 4.52. The summed E-state index contributed by atoms with van der Waals surface area (Å²) in [5, 5.41) is 9.58. The number of benzene rings is 2. The van der Waals surface area contributed by atoms with Crippen molar-refractivity contribution >= 4 is 0 Å². The fourth-order valence-corrected chi connectivity index (χ4v) is 3.27. The van der Waals surface area contributed by atoms with E-state index in [1.165, 1.54) is 0 Å². The van der Waals surface area contributed by atoms with Crippen molar-refractivity contribution < 1.29 is 0 Å². The number of nitriles is 1. The first-order chi connectivity index (χ1) is 13.4. The normalized spacial score (nSPS) is 10.6. The van der Waals surface area contributed by atoms with Crippen LogP contribution in [0.1, 0.15) is 12.0 Å². The minimum atomic E-state index is 0.658. The molecule has 4 aromatic rings. The van der Waals surface area contributed by atoms with Crippen molar-refractivity contribution in [1.29, 1.82) is 5.26 Å². The van der Waals surface area contributed by atoms with Gasteiger partial charge in [-0.25, -0.2) is 9.97 Å². The second-order valence-corrected chi connectivity index (χ2v) is 6.31. The third kappa shape index (κ3) is 3.51. The summed E-state index contributed by atoms with van der Waals surface area (Å²) < 4.78 is 4.22. The minimum Gasteiger partial charge on any atom is -0.337 e. The summed E-state index contributed by atoms with van der Waals surface area (Å²) in [7, 11) is 0. The highest BCUT2D eigenvalue weighted by atomic mass is 15.1. The molecule has 132 valence electrons. The van der Waals surface area contributed by atoms with Crippen LogP contribution in [-0.2, 0) is 13.1 Å². The predicted molar refractivity (Wildman–Crippen MR) is 105 cm³/mol. The van der Waals surface area contributed by atoms with Gasteiger partial charge in [-0.3, -0.25) is 0 Å². The van der Waals surface area contributed by atoms with Crippen LogP contribution < -0.4 is 0 Å². The molecule has 0 N–H and O–H groups in total. The maximum Gasteiger partial charge on any atom is 0.0998 e. The first kappa shape index (κ1) is 16.8. The molecule has 2 aromatic heterocycles. The summed E-state index contributed by atoms with van der Waals surface area (Å²) in [5.74, 6) is 0. The fraction of sp³-hybridized carbons (Fsp3) is 0.136. The number of hydrogen-bond donors (Lipinski definition) is 0. The van der Waals surface area contributed by atoms with Crippen molar-refractivity contribution in [3.8, 4) is 28.6 Å². The summed E-state index contributed by atoms with van der Waals surface area (Å²) in [6.07, 6.45) is 8.41. The van der Waals surface area contributed by atoms with E-state index in [1.807, 2.05) is 61.3 Å². The van der Waals surface area contributed by atoms with Crippen LogP contribution in [0, 0.1) is 11.3 Å². The van der Waals surface area contributed by atoms with Crippen LogP contribution in [-0.4, -0.2) is 19.1 Å². The molecule has 0 aliphatic rings. The maximum absolute atomic E-state index is 9.58. The van der Waals surface area contributed by atoms with E-state index in [4.69, 9.17) is 0 Å². The molecule has 0 fully saturated rings. The quantitative estimate of drug-likeness (QED) is 0.517. The monoisotopic (exact) mass is 353 g/mol. The second-order valence-electron chi connectivity index (χ2n) is 6.31. The number of aromatic nitrogens is 4. The van der Waals surface area contributed by atoms with Gasteiger partial charge < -0.3 is 9.13 Å². The van der Waals surface area contributed by atoms with Crippen LogP contribution in [0.3, 0.4) is 0 Å². The third-order valence-corrected chi connectivity index (χ3v) is 4.56. The zero-order chi connectivity index (χ0) is 18.5. The van der Waals surface area contributed by atoms with Gasteiger partial charge in [0.2, 0.25) is 0 Å². The van der Waals surface area contributed by atoms with Gasteiger partial charge >= 0.3 is 0 Å². The number of imidazole rings is 2. The highest BCUT2D eigenvalue weighted by Crippen LogP contribution is 2.33. The lowest BCUT2D eigenvalue weighted by molar-refractivity contribution is 0.566. The van der Waals surface area contributed by atoms with Crippen LogP contribution in [0.2, 0.25) is 0 Å². The molecular weight excluding hydrogens is 334 g/mol. The van der Waals surface area contributed by atoms with Gasteiger partial charge in [0, 0.05) is 36.6 Å². The average Bonchev–Trinajstić information content (AvgIpc) is 3.39. The van der Waals surface area contributed by atoms with Crippen molar-refractivity contribution in [2.24, 2.45) is 0 Å². The molecule has 0 unspecified atom stereocenters. The van der Waals surface area contributed by atoms with Gasteiger partial charge in [0.05, 0.1) is 35.7 Å². The summed E-state index contributed by atoms with van der Waals surface area (Å²) in [4.78, 5) is 8.78. The molecule has 4 rings (SSSR count). The lowest BCUT2D eigenvalue weighted by Crippen LogP contribution is -2.04. The first-order valence-electron chi connectivity index (χ1n) is 8.92. The molecule has 27 heavy (non-hydrogen) atoms. The lowest BCUT2D eigenvalue weighted by Gasteiger charge is -2.12. The van der Waals surface area contributed by atoms with E-state index < -0.39 is 0 Å². The molecule has 2 heterocycles. The Labute approximate surface area is 158 Å². The zero-order valence-corrected chi connectivity index (χ0v) is 14.9. The molecule has 0 bridgehead atoms. The van der Waals surface area contributed by atoms with Crippen molar-refractivity contribution in [2.45, 2.75) is 19.5 Å². The number of rotatable bonds is 6. The Balaban J connectivity index is 1.73. The van der Waals surface area contributed by atoms with E-state index in [2.05, 4.69) is 37.3 Å². The average molecular weight is 353 g/mol. The van der Waals surface area contributed by atoms with Crippen molar-refractivity contribution in [1.82, 2.24) is 19.1 Å². The Kier molecular flexibility index (Phi) is 4.80. The van der Waals surface area contributed by atoms with Crippen LogP contribution in [0.25, 0.3) is 22.5 Å². The van der Waals surface area contributed by atoms with Crippen LogP contribution >= 0.6 is 0 Å². The van der Waals surface area contributed by atoms with Crippen LogP contribution in [0.4, 0.5) is 0 Å². The molecular formula is C22H19N5. The fourth-order valence-electron chi connectivity index (χ4n) is 3.27. The van der Waals surface area contributed by atoms with Gasteiger partial charge in [0.1, 0.15) is 0 Å². The first-order valence-corrected chi connectivity index (χ1v) is 8.92. The predicted octanol–water partition coefficient (Wildman–Crippen LogP) is 4.38. The number of nitrogens with zero attached hydrogens (tertiary/aromatic N) is 5. The molecule has 0 aliphatic carbocycles. The van der Waals surface area contributed by atoms with Gasteiger partial charge in [-0.05, 0) is 12.5 Å². The number of hydrogen-bond acceptors (Lipinski definition) is 3. The van der Waals surface area contributed by atoms with Crippen LogP contribution in [0.15, 0.2) is 79.6 Å². The second kappa shape index (κ2) is 7.71. The van der Waals surface area contributed by atoms with E-state index in [0.717, 1.165) is 42.0 Å². The van der Waals surface area contributed by atoms with E-state index in [0.29, 0.717) is 5.56 Å². The van der Waals surface area contributed by atoms with Gasteiger partial charge in [-0.2, -0.15) is 5.26 Å². The number of aryl methyl sites for hydroxylation is 2. The highest BCUT2D eigenvalue weighted by Gasteiger charge is 2.17. The van der Waals surface area contributed by atoms with Gasteiger partial charge in [-0.15, -0.1) is 0 Å². The molecule has 0 spiro atoms. The SMILES string of the molecule is N#Cc1ccccc1-c1c(-c2ccccc2)ncn1CCCn1ccnc1. The van der Waals surface area contributed by atoms with E-state index >= 15 is 0 Å². The van der Waals surface area contributed by atoms with E-state index in [-0.39, 0.29) is 0 Å². The largest absolute Gasteiger partial charge is 0.337 e. The molecule has 5 heteroatoms. The summed E-state index contributed by atoms with van der Waals surface area (Å²) in [6, 6.07) is 20.1. The maximum atomic E-state index is 9.58. The van der Waals surface area contributed by atoms with Crippen molar-refractivity contribution in [3.05, 3.63) is 85.2 Å². The minimum absolute atomic E-state index is 0.658. The topological polar surface area (TPSA) is 59.4 Å². The standard InChI is InChI=1S/C22H19N5/c23-15-19-9-4-5-10-20(19)22-21(18-7-2-1-3-8-18)25-17-27(22)13-6-12-26-14-11-24-16-26/h1-5,7-11,14,16-17H,6,12-13H2. The smallest absolute Gasteiger partial charge is 0.0998 e. The molecule has 0 saturated heterocycles. The molecule has 2 aromatic carbocycles. The molecule has 0 saturated carbocycles. The Morgan fingerprint density at radius 1 is 0.926 bits per heavy atom. The van der Waals surface area contributed by atoms with E-state index in [9.17, 15) is 5.26 Å². The van der Waals surface area contributed by atoms with Gasteiger partial charge in [-0.1, -0.05) is 48.5 Å². The van der Waals surface area contributed by atoms with E-state index in [1.54, 1.807) is 6.20 Å². The summed E-state index contributed by atoms with van der Waals surface area (Å²) >= 11 is 0. The zero-order valence-electron chi connectivity index (χ0n) is 14.9. The third-order valence-electron chi connectivity index (χ3n) is 4.56. The van der Waals surface area contributed by atoms with Crippen molar-refractivity contribution in [3.63, 3.8) is 0 Å². The van der Waals surface area contributed by atoms with Gasteiger partial charge in [0.15, 0.2) is 0 Å².